The summed E-state index contributed by atoms with van der Waals surface area (Å²) in [4.78, 5) is 35.7. The molecule has 1 saturated carbocycles. The third-order valence-corrected chi connectivity index (χ3v) is 11.5. The molecule has 13 nitrogen and oxygen atoms in total. The number of allylic oxidation sites excluding steroid dienone is 12. The second kappa shape index (κ2) is 38.5. The van der Waals surface area contributed by atoms with Crippen LogP contribution >= 0.6 is 7.82 Å². The van der Waals surface area contributed by atoms with Crippen molar-refractivity contribution < 1.29 is 63.1 Å². The average Bonchev–Trinajstić information content (AvgIpc) is 3.26. The van der Waals surface area contributed by atoms with E-state index in [4.69, 9.17) is 18.5 Å². The van der Waals surface area contributed by atoms with Gasteiger partial charge in [0.2, 0.25) is 0 Å². The zero-order valence-electron chi connectivity index (χ0n) is 38.3. The van der Waals surface area contributed by atoms with Gasteiger partial charge >= 0.3 is 19.8 Å². The van der Waals surface area contributed by atoms with Crippen molar-refractivity contribution in [2.24, 2.45) is 0 Å². The molecule has 1 aliphatic carbocycles. The van der Waals surface area contributed by atoms with E-state index in [1.165, 1.54) is 25.7 Å². The van der Waals surface area contributed by atoms with E-state index in [0.29, 0.717) is 12.8 Å². The van der Waals surface area contributed by atoms with Crippen LogP contribution in [0.5, 0.6) is 0 Å². The minimum Gasteiger partial charge on any atom is -0.462 e. The number of phosphoric ester groups is 1. The third-order valence-electron chi connectivity index (χ3n) is 10.5. The van der Waals surface area contributed by atoms with Crippen LogP contribution in [0.2, 0.25) is 0 Å². The highest BCUT2D eigenvalue weighted by atomic mass is 31.2. The Morgan fingerprint density at radius 1 is 0.492 bits per heavy atom. The van der Waals surface area contributed by atoms with Gasteiger partial charge in [-0.2, -0.15) is 0 Å². The number of hydrogen-bond acceptors (Lipinski definition) is 12. The van der Waals surface area contributed by atoms with Gasteiger partial charge in [0.1, 0.15) is 43.2 Å². The minimum atomic E-state index is -5.13. The zero-order chi connectivity index (χ0) is 46.4. The summed E-state index contributed by atoms with van der Waals surface area (Å²) in [6, 6.07) is 0. The first kappa shape index (κ1) is 58.3. The van der Waals surface area contributed by atoms with Crippen LogP contribution in [0, 0.1) is 0 Å². The average molecular weight is 911 g/mol. The highest BCUT2D eigenvalue weighted by Crippen LogP contribution is 2.47. The Bertz CT molecular complexity index is 1380. The van der Waals surface area contributed by atoms with Crippen LogP contribution in [-0.4, -0.2) is 98.3 Å². The number of ether oxygens (including phenoxy) is 2. The number of aliphatic hydroxyl groups is 5. The highest BCUT2D eigenvalue weighted by molar-refractivity contribution is 7.47. The van der Waals surface area contributed by atoms with Crippen molar-refractivity contribution >= 4 is 19.8 Å². The highest BCUT2D eigenvalue weighted by Gasteiger charge is 2.51. The van der Waals surface area contributed by atoms with E-state index in [2.05, 4.69) is 86.8 Å². The predicted molar refractivity (Wildman–Crippen MR) is 249 cm³/mol. The van der Waals surface area contributed by atoms with Crippen LogP contribution in [-0.2, 0) is 32.7 Å². The number of unbranched alkanes of at least 4 members (excludes halogenated alkanes) is 14. The fourth-order valence-electron chi connectivity index (χ4n) is 6.66. The molecule has 0 spiro atoms. The number of carbonyl (C=O) groups is 2. The molecule has 0 bridgehead atoms. The summed E-state index contributed by atoms with van der Waals surface area (Å²) in [5, 5.41) is 50.2. The third kappa shape index (κ3) is 31.0. The molecule has 0 aromatic carbocycles. The monoisotopic (exact) mass is 911 g/mol. The summed E-state index contributed by atoms with van der Waals surface area (Å²) in [7, 11) is -5.13. The van der Waals surface area contributed by atoms with Crippen LogP contribution in [0.4, 0.5) is 0 Å². The number of aliphatic hydroxyl groups excluding tert-OH is 5. The number of esters is 2. The standard InChI is InChI=1S/C49H83O13P/c1-3-5-7-9-11-13-15-17-19-21-23-25-27-29-31-33-35-37-42(50)59-39-41(40-60-63(57,58)62-49-47(55)45(53)44(52)46(54)48(49)56)61-43(51)38-36-34-32-30-28-26-24-22-20-18-16-14-12-10-8-6-4-2/h8,10-11,13-14,16-17,19-20,22,26,28,41,44-49,52-56H,3-7,9,12,15,18,21,23-25,27,29-40H2,1-2H3,(H,57,58)/b10-8+,13-11+,16-14+,19-17+,22-20+,28-26+/t41-,44?,45-,46?,47?,48?,49?/m0/s1. The van der Waals surface area contributed by atoms with Gasteiger partial charge in [0.05, 0.1) is 6.61 Å². The maximum Gasteiger partial charge on any atom is 0.472 e. The lowest BCUT2D eigenvalue weighted by molar-refractivity contribution is -0.220. The lowest BCUT2D eigenvalue weighted by atomic mass is 9.85. The fourth-order valence-corrected chi connectivity index (χ4v) is 7.63. The molecular weight excluding hydrogens is 828 g/mol. The van der Waals surface area contributed by atoms with Gasteiger partial charge in [-0.1, -0.05) is 145 Å². The van der Waals surface area contributed by atoms with Crippen LogP contribution in [0.25, 0.3) is 0 Å². The van der Waals surface area contributed by atoms with Crippen molar-refractivity contribution in [2.75, 3.05) is 13.2 Å². The number of rotatable bonds is 38. The lowest BCUT2D eigenvalue weighted by Crippen LogP contribution is -2.64. The largest absolute Gasteiger partial charge is 0.472 e. The SMILES string of the molecule is CCC/C=C/C/C=C/C/C=C/C/C=C/CCCCCC(=O)O[C@@H](COC(=O)CCCCCCCCC/C=C/C/C=C/CCCCC)COP(=O)(O)OC1C(O)C(O)C(O)[C@H](O)C1O. The lowest BCUT2D eigenvalue weighted by Gasteiger charge is -2.41. The van der Waals surface area contributed by atoms with Gasteiger partial charge in [0.25, 0.3) is 0 Å². The number of carbonyl (C=O) groups excluding carboxylic acids is 2. The summed E-state index contributed by atoms with van der Waals surface area (Å²) in [5.74, 6) is -1.15. The second-order valence-corrected chi connectivity index (χ2v) is 17.7. The van der Waals surface area contributed by atoms with E-state index in [1.54, 1.807) is 0 Å². The van der Waals surface area contributed by atoms with Crippen molar-refractivity contribution in [3.05, 3.63) is 72.9 Å². The smallest absolute Gasteiger partial charge is 0.462 e. The maximum absolute atomic E-state index is 12.8. The molecule has 8 atom stereocenters. The van der Waals surface area contributed by atoms with Crippen LogP contribution in [0.1, 0.15) is 168 Å². The van der Waals surface area contributed by atoms with Crippen LogP contribution < -0.4 is 0 Å². The van der Waals surface area contributed by atoms with Gasteiger partial charge in [-0.05, 0) is 83.5 Å². The van der Waals surface area contributed by atoms with E-state index in [-0.39, 0.29) is 12.8 Å². The maximum atomic E-state index is 12.8. The Hall–Kier alpha value is -2.71. The molecule has 362 valence electrons. The summed E-state index contributed by atoms with van der Waals surface area (Å²) in [5.41, 5.74) is 0. The van der Waals surface area contributed by atoms with Crippen LogP contribution in [0.3, 0.4) is 0 Å². The molecule has 0 radical (unpaired) electrons. The van der Waals surface area contributed by atoms with Crippen molar-refractivity contribution in [3.8, 4) is 0 Å². The fraction of sp³-hybridized carbons (Fsp3) is 0.714. The normalized spacial score (nSPS) is 22.3. The summed E-state index contributed by atoms with van der Waals surface area (Å²) in [6.45, 7) is 3.17. The minimum absolute atomic E-state index is 0.0538. The molecule has 0 aliphatic heterocycles. The molecule has 63 heavy (non-hydrogen) atoms. The Balaban J connectivity index is 2.48. The first-order valence-corrected chi connectivity index (χ1v) is 25.2. The molecule has 1 fully saturated rings. The number of hydrogen-bond donors (Lipinski definition) is 6. The van der Waals surface area contributed by atoms with Crippen LogP contribution in [0.15, 0.2) is 72.9 Å². The number of phosphoric acid groups is 1. The zero-order valence-corrected chi connectivity index (χ0v) is 39.2. The topological polar surface area (TPSA) is 210 Å². The molecule has 1 rings (SSSR count). The first-order valence-electron chi connectivity index (χ1n) is 23.7. The molecule has 6 unspecified atom stereocenters. The van der Waals surface area contributed by atoms with E-state index < -0.39 is 75.7 Å². The van der Waals surface area contributed by atoms with Gasteiger partial charge in [-0.15, -0.1) is 0 Å². The molecule has 0 heterocycles. The molecule has 0 aromatic heterocycles. The second-order valence-electron chi connectivity index (χ2n) is 16.3. The Morgan fingerprint density at radius 3 is 1.38 bits per heavy atom. The van der Waals surface area contributed by atoms with Gasteiger partial charge in [-0.25, -0.2) is 4.57 Å². The van der Waals surface area contributed by atoms with Gasteiger partial charge < -0.3 is 39.9 Å². The van der Waals surface area contributed by atoms with Crippen molar-refractivity contribution in [3.63, 3.8) is 0 Å². The van der Waals surface area contributed by atoms with Crippen molar-refractivity contribution in [2.45, 2.75) is 211 Å². The summed E-state index contributed by atoms with van der Waals surface area (Å²) in [6.07, 6.45) is 35.2. The molecular formula is C49H83O13P. The van der Waals surface area contributed by atoms with Gasteiger partial charge in [-0.3, -0.25) is 18.6 Å². The van der Waals surface area contributed by atoms with E-state index in [0.717, 1.165) is 103 Å². The summed E-state index contributed by atoms with van der Waals surface area (Å²) >= 11 is 0. The van der Waals surface area contributed by atoms with E-state index in [9.17, 15) is 44.6 Å². The molecule has 14 heteroatoms. The first-order chi connectivity index (χ1) is 30.4. The summed E-state index contributed by atoms with van der Waals surface area (Å²) < 4.78 is 33.5. The molecule has 1 aliphatic rings. The predicted octanol–water partition coefficient (Wildman–Crippen LogP) is 9.50. The molecule has 0 saturated heterocycles. The van der Waals surface area contributed by atoms with Crippen molar-refractivity contribution in [1.29, 1.82) is 0 Å². The molecule has 0 amide bonds. The molecule has 6 N–H and O–H groups in total. The van der Waals surface area contributed by atoms with E-state index >= 15 is 0 Å². The van der Waals surface area contributed by atoms with Gasteiger partial charge in [0, 0.05) is 12.8 Å². The Labute approximate surface area is 378 Å². The van der Waals surface area contributed by atoms with Crippen molar-refractivity contribution in [1.82, 2.24) is 0 Å². The molecule has 0 aromatic rings. The Morgan fingerprint density at radius 2 is 0.889 bits per heavy atom. The quantitative estimate of drug-likeness (QED) is 0.0148. The Kier molecular flexibility index (Phi) is 35.7. The van der Waals surface area contributed by atoms with Gasteiger partial charge in [0.15, 0.2) is 6.10 Å². The van der Waals surface area contributed by atoms with E-state index in [1.807, 2.05) is 0 Å².